The molecule has 193 valence electrons. The molecule has 0 unspecified atom stereocenters. The van der Waals surface area contributed by atoms with Gasteiger partial charge in [-0.15, -0.1) is 0 Å². The van der Waals surface area contributed by atoms with Crippen LogP contribution in [0.25, 0.3) is 22.5 Å². The molecule has 0 bridgehead atoms. The van der Waals surface area contributed by atoms with Crippen molar-refractivity contribution in [3.8, 4) is 22.5 Å². The Kier molecular flexibility index (Phi) is 10.0. The SMILES string of the molecule is CCCCc1nc(C)n(Cc2ccccc2)c(=O)c1Cc1ccc(-c2ccccc2-c2noc(=O)[nH]2)cc1.[K]. The largest absolute Gasteiger partial charge is 0.439 e. The first-order valence-corrected chi connectivity index (χ1v) is 12.9. The summed E-state index contributed by atoms with van der Waals surface area (Å²) in [5.74, 6) is 0.542. The van der Waals surface area contributed by atoms with Crippen LogP contribution in [0.1, 0.15) is 48.0 Å². The van der Waals surface area contributed by atoms with Crippen LogP contribution >= 0.6 is 0 Å². The Balaban J connectivity index is 0.00000353. The molecule has 0 amide bonds. The van der Waals surface area contributed by atoms with Crippen molar-refractivity contribution in [1.82, 2.24) is 19.7 Å². The third-order valence-corrected chi connectivity index (χ3v) is 6.76. The van der Waals surface area contributed by atoms with Gasteiger partial charge in [-0.1, -0.05) is 97.4 Å². The number of hydrogen-bond donors (Lipinski definition) is 1. The molecule has 0 saturated heterocycles. The Bertz CT molecular complexity index is 1650. The van der Waals surface area contributed by atoms with Crippen LogP contribution in [0.2, 0.25) is 0 Å². The molecule has 1 radical (unpaired) electrons. The van der Waals surface area contributed by atoms with Gasteiger partial charge in [0.2, 0.25) is 0 Å². The van der Waals surface area contributed by atoms with Gasteiger partial charge in [-0.3, -0.25) is 18.9 Å². The maximum absolute atomic E-state index is 13.8. The molecule has 0 spiro atoms. The average Bonchev–Trinajstić information content (AvgIpc) is 3.38. The zero-order valence-electron chi connectivity index (χ0n) is 22.6. The van der Waals surface area contributed by atoms with Crippen molar-refractivity contribution in [1.29, 1.82) is 0 Å². The molecule has 0 atom stereocenters. The quantitative estimate of drug-likeness (QED) is 0.258. The molecule has 5 rings (SSSR count). The van der Waals surface area contributed by atoms with Gasteiger partial charge in [0.1, 0.15) is 5.82 Å². The van der Waals surface area contributed by atoms with Crippen molar-refractivity contribution in [2.24, 2.45) is 0 Å². The van der Waals surface area contributed by atoms with Gasteiger partial charge in [-0.05, 0) is 42.0 Å². The van der Waals surface area contributed by atoms with Gasteiger partial charge in [-0.25, -0.2) is 9.78 Å². The number of benzene rings is 3. The van der Waals surface area contributed by atoms with E-state index in [1.165, 1.54) is 0 Å². The van der Waals surface area contributed by atoms with E-state index in [4.69, 9.17) is 9.51 Å². The van der Waals surface area contributed by atoms with E-state index in [9.17, 15) is 9.59 Å². The van der Waals surface area contributed by atoms with Gasteiger partial charge in [-0.2, -0.15) is 0 Å². The second-order valence-electron chi connectivity index (χ2n) is 9.43. The second kappa shape index (κ2) is 13.5. The molecule has 5 aromatic rings. The topological polar surface area (TPSA) is 93.8 Å². The maximum Gasteiger partial charge on any atom is 0.439 e. The van der Waals surface area contributed by atoms with Crippen LogP contribution in [0.4, 0.5) is 0 Å². The van der Waals surface area contributed by atoms with Crippen molar-refractivity contribution in [3.63, 3.8) is 0 Å². The fourth-order valence-electron chi connectivity index (χ4n) is 4.73. The summed E-state index contributed by atoms with van der Waals surface area (Å²) in [5, 5.41) is 3.85. The minimum atomic E-state index is -0.589. The van der Waals surface area contributed by atoms with Crippen molar-refractivity contribution in [2.75, 3.05) is 0 Å². The summed E-state index contributed by atoms with van der Waals surface area (Å²) in [6.07, 6.45) is 3.33. The standard InChI is InChI=1S/C31H30N4O3.K/c1-3-4-14-28-27(30(36)35(21(2)32-28)20-23-10-6-5-7-11-23)19-22-15-17-24(18-16-22)25-12-8-9-13-26(25)29-33-31(37)38-34-29;/h5-13,15-18H,3-4,14,19-20H2,1-2H3,(H,33,34,37);. The molecule has 1 N–H and O–H groups in total. The van der Waals surface area contributed by atoms with Crippen LogP contribution in [-0.2, 0) is 19.4 Å². The molecule has 2 aromatic heterocycles. The van der Waals surface area contributed by atoms with E-state index in [0.29, 0.717) is 18.8 Å². The maximum atomic E-state index is 13.8. The van der Waals surface area contributed by atoms with E-state index in [-0.39, 0.29) is 56.9 Å². The van der Waals surface area contributed by atoms with Crippen molar-refractivity contribution in [3.05, 3.63) is 128 Å². The predicted molar refractivity (Wildman–Crippen MR) is 154 cm³/mol. The van der Waals surface area contributed by atoms with Gasteiger partial charge in [0.15, 0.2) is 5.82 Å². The van der Waals surface area contributed by atoms with Crippen LogP contribution in [0, 0.1) is 6.92 Å². The summed E-state index contributed by atoms with van der Waals surface area (Å²) in [5.41, 5.74) is 6.46. The summed E-state index contributed by atoms with van der Waals surface area (Å²) in [6, 6.07) is 25.9. The Morgan fingerprint density at radius 2 is 1.56 bits per heavy atom. The first kappa shape index (κ1) is 29.1. The summed E-state index contributed by atoms with van der Waals surface area (Å²) < 4.78 is 6.48. The van der Waals surface area contributed by atoms with Crippen molar-refractivity contribution < 1.29 is 4.52 Å². The Labute approximate surface area is 269 Å². The van der Waals surface area contributed by atoms with E-state index in [1.54, 1.807) is 4.57 Å². The number of aromatic amines is 1. The van der Waals surface area contributed by atoms with E-state index >= 15 is 0 Å². The van der Waals surface area contributed by atoms with Gasteiger partial charge in [0, 0.05) is 68.9 Å². The average molecular weight is 546 g/mol. The van der Waals surface area contributed by atoms with Crippen LogP contribution in [0.3, 0.4) is 0 Å². The van der Waals surface area contributed by atoms with Crippen molar-refractivity contribution in [2.45, 2.75) is 46.1 Å². The van der Waals surface area contributed by atoms with Gasteiger partial charge >= 0.3 is 5.76 Å². The minimum Gasteiger partial charge on any atom is -0.296 e. The second-order valence-corrected chi connectivity index (χ2v) is 9.43. The number of nitrogens with one attached hydrogen (secondary N) is 1. The molecule has 0 saturated carbocycles. The number of H-pyrrole nitrogens is 1. The summed E-state index contributed by atoms with van der Waals surface area (Å²) in [7, 11) is 0. The van der Waals surface area contributed by atoms with E-state index in [2.05, 4.69) is 17.1 Å². The molecule has 0 aliphatic carbocycles. The summed E-state index contributed by atoms with van der Waals surface area (Å²) in [4.78, 5) is 32.8. The molecule has 8 heteroatoms. The predicted octanol–water partition coefficient (Wildman–Crippen LogP) is 5.16. The summed E-state index contributed by atoms with van der Waals surface area (Å²) in [6.45, 7) is 4.56. The number of unbranched alkanes of at least 4 members (excludes halogenated alkanes) is 1. The van der Waals surface area contributed by atoms with E-state index in [0.717, 1.165) is 64.2 Å². The molecule has 0 aliphatic rings. The van der Waals surface area contributed by atoms with Gasteiger partial charge < -0.3 is 0 Å². The number of hydrogen-bond acceptors (Lipinski definition) is 5. The fraction of sp³-hybridized carbons (Fsp3) is 0.226. The third kappa shape index (κ3) is 6.83. The van der Waals surface area contributed by atoms with Crippen molar-refractivity contribution >= 4 is 51.4 Å². The molecule has 7 nitrogen and oxygen atoms in total. The number of aromatic nitrogens is 4. The molecule has 0 aliphatic heterocycles. The molecular weight excluding hydrogens is 515 g/mol. The Morgan fingerprint density at radius 1 is 0.872 bits per heavy atom. The number of aryl methyl sites for hydroxylation is 2. The van der Waals surface area contributed by atoms with Crippen LogP contribution in [0.15, 0.2) is 93.0 Å². The van der Waals surface area contributed by atoms with E-state index in [1.807, 2.05) is 85.8 Å². The monoisotopic (exact) mass is 545 g/mol. The smallest absolute Gasteiger partial charge is 0.296 e. The third-order valence-electron chi connectivity index (χ3n) is 6.76. The first-order valence-electron chi connectivity index (χ1n) is 12.9. The van der Waals surface area contributed by atoms with Crippen LogP contribution < -0.4 is 11.3 Å². The van der Waals surface area contributed by atoms with Crippen LogP contribution in [0.5, 0.6) is 0 Å². The normalized spacial score (nSPS) is 10.8. The van der Waals surface area contributed by atoms with E-state index < -0.39 is 5.76 Å². The first-order chi connectivity index (χ1) is 18.5. The minimum absolute atomic E-state index is 0. The number of nitrogens with zero attached hydrogens (tertiary/aromatic N) is 3. The summed E-state index contributed by atoms with van der Waals surface area (Å²) >= 11 is 0. The van der Waals surface area contributed by atoms with Gasteiger partial charge in [0.25, 0.3) is 5.56 Å². The molecular formula is C31H30KN4O3. The molecule has 39 heavy (non-hydrogen) atoms. The zero-order chi connectivity index (χ0) is 26.5. The Morgan fingerprint density at radius 3 is 2.23 bits per heavy atom. The molecule has 0 fully saturated rings. The number of rotatable bonds is 9. The van der Waals surface area contributed by atoms with Crippen LogP contribution in [-0.4, -0.2) is 71.1 Å². The fourth-order valence-corrected chi connectivity index (χ4v) is 4.73. The molecule has 2 heterocycles. The van der Waals surface area contributed by atoms with Gasteiger partial charge in [0.05, 0.1) is 12.2 Å². The zero-order valence-corrected chi connectivity index (χ0v) is 25.7. The Hall–Kier alpha value is -2.88. The molecule has 3 aromatic carbocycles.